The van der Waals surface area contributed by atoms with Crippen molar-refractivity contribution in [3.8, 4) is 11.3 Å². The van der Waals surface area contributed by atoms with E-state index in [4.69, 9.17) is 0 Å². The molecule has 2 atom stereocenters. The van der Waals surface area contributed by atoms with E-state index in [0.29, 0.717) is 17.8 Å². The average molecular weight is 337 g/mol. The van der Waals surface area contributed by atoms with Crippen molar-refractivity contribution in [2.75, 3.05) is 0 Å². The lowest BCUT2D eigenvalue weighted by atomic mass is 10.1. The molecule has 0 aliphatic carbocycles. The van der Waals surface area contributed by atoms with Crippen LogP contribution in [0.2, 0.25) is 0 Å². The first-order valence-electron chi connectivity index (χ1n) is 9.02. The van der Waals surface area contributed by atoms with E-state index in [1.165, 1.54) is 0 Å². The Labute approximate surface area is 146 Å². The second kappa shape index (κ2) is 6.35. The lowest BCUT2D eigenvalue weighted by molar-refractivity contribution is 0.0654. The van der Waals surface area contributed by atoms with Crippen LogP contribution in [0.25, 0.3) is 22.3 Å². The third-order valence-electron chi connectivity index (χ3n) is 5.34. The van der Waals surface area contributed by atoms with Crippen LogP contribution >= 0.6 is 0 Å². The quantitative estimate of drug-likeness (QED) is 0.761. The molecule has 25 heavy (non-hydrogen) atoms. The number of hydrogen-bond acceptors (Lipinski definition) is 3. The Morgan fingerprint density at radius 1 is 1.20 bits per heavy atom. The highest BCUT2D eigenvalue weighted by Crippen LogP contribution is 2.31. The van der Waals surface area contributed by atoms with Crippen molar-refractivity contribution < 1.29 is 4.79 Å². The molecule has 0 spiro atoms. The first-order valence-corrected chi connectivity index (χ1v) is 9.02. The second-order valence-electron chi connectivity index (χ2n) is 6.68. The van der Waals surface area contributed by atoms with Gasteiger partial charge in [-0.25, -0.2) is 9.97 Å². The van der Waals surface area contributed by atoms with E-state index >= 15 is 0 Å². The predicted octanol–water partition coefficient (Wildman–Crippen LogP) is 3.75. The number of carbonyl (C=O) groups is 1. The number of likely N-dealkylation sites (tertiary alicyclic amines) is 1. The van der Waals surface area contributed by atoms with E-state index in [9.17, 15) is 4.79 Å². The fraction of sp³-hybridized carbons (Fsp3) is 0.421. The molecule has 6 nitrogen and oxygen atoms in total. The standard InChI is InChI=1S/C19H23N5O/c1-3-13-5-6-14(4-2)24(13)19(25)16-9-12(10-21-16)17-15-7-8-20-18(15)23-11-22-17/h7-11,13-14,21H,3-6H2,1-2H3,(H,20,22,23)/t13-,14?/m1/s1. The highest BCUT2D eigenvalue weighted by Gasteiger charge is 2.35. The summed E-state index contributed by atoms with van der Waals surface area (Å²) in [6, 6.07) is 4.56. The number of carbonyl (C=O) groups excluding carboxylic acids is 1. The first-order chi connectivity index (χ1) is 12.2. The summed E-state index contributed by atoms with van der Waals surface area (Å²) in [7, 11) is 0. The highest BCUT2D eigenvalue weighted by atomic mass is 16.2. The molecule has 1 aliphatic rings. The average Bonchev–Trinajstić information content (AvgIpc) is 3.38. The normalized spacial score (nSPS) is 20.5. The molecular weight excluding hydrogens is 314 g/mol. The van der Waals surface area contributed by atoms with Crippen LogP contribution in [0.4, 0.5) is 0 Å². The molecule has 6 heteroatoms. The van der Waals surface area contributed by atoms with Crippen molar-refractivity contribution in [2.24, 2.45) is 0 Å². The van der Waals surface area contributed by atoms with Crippen molar-refractivity contribution in [3.63, 3.8) is 0 Å². The van der Waals surface area contributed by atoms with Crippen LogP contribution in [0.1, 0.15) is 50.0 Å². The van der Waals surface area contributed by atoms with Crippen molar-refractivity contribution in [2.45, 2.75) is 51.6 Å². The number of hydrogen-bond donors (Lipinski definition) is 2. The van der Waals surface area contributed by atoms with Gasteiger partial charge >= 0.3 is 0 Å². The molecule has 1 fully saturated rings. The predicted molar refractivity (Wildman–Crippen MR) is 97.2 cm³/mol. The van der Waals surface area contributed by atoms with Crippen molar-refractivity contribution in [1.29, 1.82) is 0 Å². The second-order valence-corrected chi connectivity index (χ2v) is 6.68. The summed E-state index contributed by atoms with van der Waals surface area (Å²) in [6.07, 6.45) is 9.47. The van der Waals surface area contributed by atoms with E-state index in [1.54, 1.807) is 6.33 Å². The van der Waals surface area contributed by atoms with Gasteiger partial charge in [-0.15, -0.1) is 0 Å². The minimum atomic E-state index is 0.0989. The Morgan fingerprint density at radius 2 is 1.96 bits per heavy atom. The van der Waals surface area contributed by atoms with Gasteiger partial charge in [0, 0.05) is 35.4 Å². The molecule has 0 radical (unpaired) electrons. The van der Waals surface area contributed by atoms with Crippen LogP contribution in [-0.4, -0.2) is 42.8 Å². The number of amides is 1. The third kappa shape index (κ3) is 2.62. The number of nitrogens with one attached hydrogen (secondary N) is 2. The summed E-state index contributed by atoms with van der Waals surface area (Å²) in [6.45, 7) is 4.32. The van der Waals surface area contributed by atoms with Crippen LogP contribution in [0.5, 0.6) is 0 Å². The van der Waals surface area contributed by atoms with Crippen LogP contribution in [-0.2, 0) is 0 Å². The number of rotatable bonds is 4. The van der Waals surface area contributed by atoms with Crippen molar-refractivity contribution >= 4 is 16.9 Å². The lowest BCUT2D eigenvalue weighted by Crippen LogP contribution is -2.40. The number of nitrogens with zero attached hydrogens (tertiary/aromatic N) is 3. The van der Waals surface area contributed by atoms with Gasteiger partial charge in [0.05, 0.1) is 5.69 Å². The van der Waals surface area contributed by atoms with E-state index in [0.717, 1.165) is 48.0 Å². The zero-order valence-corrected chi connectivity index (χ0v) is 14.6. The maximum absolute atomic E-state index is 13.1. The van der Waals surface area contributed by atoms with Gasteiger partial charge in [0.2, 0.25) is 0 Å². The van der Waals surface area contributed by atoms with E-state index in [1.807, 2.05) is 24.5 Å². The maximum Gasteiger partial charge on any atom is 0.270 e. The van der Waals surface area contributed by atoms with E-state index < -0.39 is 0 Å². The van der Waals surface area contributed by atoms with E-state index in [2.05, 4.69) is 38.7 Å². The molecule has 3 aromatic rings. The van der Waals surface area contributed by atoms with Crippen LogP contribution in [0.3, 0.4) is 0 Å². The molecule has 0 saturated carbocycles. The molecule has 0 aromatic carbocycles. The SMILES string of the molecule is CCC1CC[C@@H](CC)N1C(=O)c1cc(-c2ncnc3[nH]ccc23)c[nH]1. The Morgan fingerprint density at radius 3 is 2.68 bits per heavy atom. The minimum absolute atomic E-state index is 0.0989. The number of aromatic amines is 2. The van der Waals surface area contributed by atoms with Gasteiger partial charge in [-0.1, -0.05) is 13.8 Å². The molecular formula is C19H23N5O. The summed E-state index contributed by atoms with van der Waals surface area (Å²) in [5.74, 6) is 0.0989. The fourth-order valence-corrected chi connectivity index (χ4v) is 3.99. The largest absolute Gasteiger partial charge is 0.357 e. The number of fused-ring (bicyclic) bond motifs is 1. The van der Waals surface area contributed by atoms with Crippen LogP contribution in [0.15, 0.2) is 30.9 Å². The van der Waals surface area contributed by atoms with Gasteiger partial charge < -0.3 is 14.9 Å². The van der Waals surface area contributed by atoms with Gasteiger partial charge in [-0.05, 0) is 37.8 Å². The van der Waals surface area contributed by atoms with Gasteiger partial charge in [0.1, 0.15) is 17.7 Å². The Balaban J connectivity index is 1.67. The van der Waals surface area contributed by atoms with Crippen molar-refractivity contribution in [1.82, 2.24) is 24.8 Å². The minimum Gasteiger partial charge on any atom is -0.357 e. The van der Waals surface area contributed by atoms with Gasteiger partial charge in [-0.3, -0.25) is 4.79 Å². The Hall–Kier alpha value is -2.63. The number of aromatic nitrogens is 4. The molecule has 4 heterocycles. The number of H-pyrrole nitrogens is 2. The zero-order chi connectivity index (χ0) is 17.4. The van der Waals surface area contributed by atoms with Crippen molar-refractivity contribution in [3.05, 3.63) is 36.5 Å². The molecule has 130 valence electrons. The smallest absolute Gasteiger partial charge is 0.270 e. The molecule has 1 amide bonds. The maximum atomic E-state index is 13.1. The molecule has 3 aromatic heterocycles. The summed E-state index contributed by atoms with van der Waals surface area (Å²) in [5.41, 5.74) is 3.18. The topological polar surface area (TPSA) is 77.7 Å². The monoisotopic (exact) mass is 337 g/mol. The molecule has 1 aliphatic heterocycles. The zero-order valence-electron chi connectivity index (χ0n) is 14.6. The molecule has 0 bridgehead atoms. The van der Waals surface area contributed by atoms with E-state index in [-0.39, 0.29) is 5.91 Å². The molecule has 1 unspecified atom stereocenters. The summed E-state index contributed by atoms with van der Waals surface area (Å²) >= 11 is 0. The molecule has 1 saturated heterocycles. The Kier molecular flexibility index (Phi) is 4.03. The lowest BCUT2D eigenvalue weighted by Gasteiger charge is -2.29. The van der Waals surface area contributed by atoms with Crippen LogP contribution < -0.4 is 0 Å². The molecule has 2 N–H and O–H groups in total. The summed E-state index contributed by atoms with van der Waals surface area (Å²) < 4.78 is 0. The first kappa shape index (κ1) is 15.9. The Bertz CT molecular complexity index is 884. The van der Waals surface area contributed by atoms with Gasteiger partial charge in [0.25, 0.3) is 5.91 Å². The molecule has 4 rings (SSSR count). The summed E-state index contributed by atoms with van der Waals surface area (Å²) in [5, 5.41) is 0.958. The van der Waals surface area contributed by atoms with Gasteiger partial charge in [-0.2, -0.15) is 0 Å². The van der Waals surface area contributed by atoms with Gasteiger partial charge in [0.15, 0.2) is 0 Å². The highest BCUT2D eigenvalue weighted by molar-refractivity contribution is 5.96. The summed E-state index contributed by atoms with van der Waals surface area (Å²) in [4.78, 5) is 30.1. The third-order valence-corrected chi connectivity index (χ3v) is 5.34. The fourth-order valence-electron chi connectivity index (χ4n) is 3.99. The van der Waals surface area contributed by atoms with Crippen LogP contribution in [0, 0.1) is 0 Å².